The molecule has 0 nitrogen and oxygen atoms in total. The van der Waals surface area contributed by atoms with Crippen molar-refractivity contribution >= 4 is 0 Å². The van der Waals surface area contributed by atoms with Gasteiger partial charge in [0.15, 0.2) is 0 Å². The molecule has 96 heavy (non-hydrogen) atoms. The lowest BCUT2D eigenvalue weighted by atomic mass is 8.41. The Kier molecular flexibility index (Phi) is 3.45. The molecular formula is C96H92. The van der Waals surface area contributed by atoms with Gasteiger partial charge in [-0.05, 0) is 489 Å². The fourth-order valence-corrected chi connectivity index (χ4v) is 80.1. The van der Waals surface area contributed by atoms with Crippen LogP contribution in [0, 0.1) is 431 Å². The largest absolute Gasteiger partial charge is 0.0533 e. The lowest BCUT2D eigenvalue weighted by Gasteiger charge is -3.61. The first-order chi connectivity index (χ1) is 47.8. The highest BCUT2D eigenvalue weighted by Crippen LogP contribution is 3.64. The zero-order valence-corrected chi connectivity index (χ0v) is 56.2. The first kappa shape index (κ1) is 40.6. The van der Waals surface area contributed by atoms with E-state index in [0.29, 0.717) is 0 Å². The summed E-state index contributed by atoms with van der Waals surface area (Å²) in [6.07, 6.45) is 36.4. The summed E-state index contributed by atoms with van der Waals surface area (Å²) in [4.78, 5) is 0. The molecule has 0 heteroatoms. The molecule has 0 saturated heterocycles. The summed E-state index contributed by atoms with van der Waals surface area (Å²) in [5, 5.41) is 0. The predicted octanol–water partition coefficient (Wildman–Crippen LogP) is 14.3. The van der Waals surface area contributed by atoms with Crippen LogP contribution in [-0.4, -0.2) is 0 Å². The lowest BCUT2D eigenvalue weighted by Crippen LogP contribution is -3.60. The van der Waals surface area contributed by atoms with Crippen molar-refractivity contribution < 1.29 is 0 Å². The molecule has 81 aliphatic carbocycles. The Morgan fingerprint density at radius 2 is 0.469 bits per heavy atom. The fraction of sp³-hybridized carbons (Fsp3) is 1.00. The highest BCUT2D eigenvalue weighted by molar-refractivity contribution is 6.07. The van der Waals surface area contributed by atoms with Crippen LogP contribution >= 0.6 is 0 Å². The SMILES string of the molecule is C1CCCCC2C3C4C5CC6C7C8C9C(C%10C%11C%12C%13C%14CC%15C%16C%17C%18C(C%19C%20C%21CCCCCCCCC%22C(C%23C%24CC%25C%26C%27C%19C%20%19C%21C%20C%21C%23C%24%25C%26%21C%27%20%19)C%19CC3C2%22%19)C2C3C%19C%20CC%21C%22C%23C%10C%11%10C%12%11C%13%12C%14%15C%16%13C%17%14C%182C32C%193C%21%20C%22%15C%23%10C%11%10C%12%13C%142C%153%10)C2C(CCC1)C1C3C%10C4C56C7%10C83C291. The van der Waals surface area contributed by atoms with Gasteiger partial charge in [-0.15, -0.1) is 0 Å². The van der Waals surface area contributed by atoms with E-state index >= 15 is 0 Å². The van der Waals surface area contributed by atoms with Crippen LogP contribution in [0.4, 0.5) is 0 Å². The number of hydrogen-bond donors (Lipinski definition) is 0. The van der Waals surface area contributed by atoms with Crippen LogP contribution in [0.5, 0.6) is 0 Å². The molecule has 81 aliphatic rings. The molecule has 81 saturated carbocycles. The van der Waals surface area contributed by atoms with E-state index in [-0.39, 0.29) is 0 Å². The van der Waals surface area contributed by atoms with Crippen LogP contribution in [0.3, 0.4) is 0 Å². The Morgan fingerprint density at radius 3 is 0.885 bits per heavy atom. The highest BCUT2D eigenvalue weighted by Gasteiger charge is 3.63. The Balaban J connectivity index is 0.502. The molecule has 0 aliphatic heterocycles. The molecule has 81 fully saturated rings. The summed E-state index contributed by atoms with van der Waals surface area (Å²) >= 11 is 0. The van der Waals surface area contributed by atoms with Gasteiger partial charge in [0.1, 0.15) is 0 Å². The second-order valence-corrected chi connectivity index (χ2v) is 55.7. The molecule has 64 atom stereocenters. The number of rotatable bonds is 0. The summed E-state index contributed by atoms with van der Waals surface area (Å²) in [6, 6.07) is 0. The maximum absolute atomic E-state index is 1.90. The average molecular weight is 1250 g/mol. The minimum absolute atomic E-state index is 0.898. The van der Waals surface area contributed by atoms with E-state index in [1.165, 1.54) is 296 Å². The molecular weight excluding hydrogens is 1150 g/mol. The smallest absolute Gasteiger partial charge is 0.000739 e. The van der Waals surface area contributed by atoms with Crippen molar-refractivity contribution in [1.29, 1.82) is 0 Å². The van der Waals surface area contributed by atoms with Crippen LogP contribution in [0.1, 0.15) is 135 Å². The third-order valence-corrected chi connectivity index (χ3v) is 68.3. The van der Waals surface area contributed by atoms with Gasteiger partial charge in [0.25, 0.3) is 0 Å². The Labute approximate surface area is 562 Å². The van der Waals surface area contributed by atoms with E-state index in [9.17, 15) is 0 Å². The van der Waals surface area contributed by atoms with Crippen molar-refractivity contribution in [3.8, 4) is 0 Å². The second-order valence-electron chi connectivity index (χ2n) is 55.7. The van der Waals surface area contributed by atoms with Crippen molar-refractivity contribution in [2.75, 3.05) is 0 Å². The summed E-state index contributed by atoms with van der Waals surface area (Å²) in [6.45, 7) is 0. The van der Waals surface area contributed by atoms with Crippen LogP contribution in [0.2, 0.25) is 0 Å². The molecule has 476 valence electrons. The van der Waals surface area contributed by atoms with Crippen LogP contribution in [-0.2, 0) is 0 Å². The van der Waals surface area contributed by atoms with Gasteiger partial charge in [0.2, 0.25) is 0 Å². The highest BCUT2D eigenvalue weighted by atomic mass is 15.6. The zero-order chi connectivity index (χ0) is 56.2. The number of fused-ring (bicyclic) bond motifs is 6. The minimum atomic E-state index is 0.898. The Morgan fingerprint density at radius 1 is 0.156 bits per heavy atom. The van der Waals surface area contributed by atoms with E-state index in [1.54, 1.807) is 103 Å². The first-order valence-electron chi connectivity index (χ1n) is 47.8. The molecule has 0 radical (unpaired) electrons. The molecule has 0 amide bonds. The van der Waals surface area contributed by atoms with Crippen LogP contribution in [0.15, 0.2) is 0 Å². The molecule has 0 N–H and O–H groups in total. The third-order valence-electron chi connectivity index (χ3n) is 68.3. The normalized spacial score (nSPS) is 112. The standard InChI is InChI=1S/C96H92/c1-3-7-11-15-24-36-26-17-27-37-25(72(24,26)27)16-12-8-4-2-6-10-14-23-45-41(57-65-49-31-19-29-39(37)55-67-63-47(23)76(45,57)82(63,65)80(49,67)74(29,31)55)43-60-70-52-34-20-32-50-68-58-42(40-44-22(13-9-5-1)46-62-66-54-38(36)28-18-30-48-64-56(40)75(44,46)81(62,64)79(48,66)73(28,30)54)59-69-51-33-21-35-53-71-61(43)84(60)91(70)87(52)77(32,34)85(50)89(68)83(58,59)90(69)86(51)78(33,35)88(53)92(71,84)96(91)93(85,87)95(89,90)94(86,88)96/h22-71H,1-21H2. The summed E-state index contributed by atoms with van der Waals surface area (Å²) in [5.41, 5.74) is 26.4. The van der Waals surface area contributed by atoms with E-state index in [4.69, 9.17) is 0 Å². The van der Waals surface area contributed by atoms with Crippen molar-refractivity contribution in [2.45, 2.75) is 135 Å². The summed E-state index contributed by atoms with van der Waals surface area (Å²) < 4.78 is 0. The van der Waals surface area contributed by atoms with Gasteiger partial charge in [0.05, 0.1) is 0 Å². The maximum Gasteiger partial charge on any atom is -0.000739 e. The van der Waals surface area contributed by atoms with E-state index in [1.807, 2.05) is 32.1 Å². The van der Waals surface area contributed by atoms with E-state index in [0.717, 1.165) is 135 Å². The van der Waals surface area contributed by atoms with Crippen molar-refractivity contribution in [3.63, 3.8) is 0 Å². The van der Waals surface area contributed by atoms with Crippen LogP contribution < -0.4 is 0 Å². The van der Waals surface area contributed by atoms with Gasteiger partial charge >= 0.3 is 0 Å². The van der Waals surface area contributed by atoms with Gasteiger partial charge in [-0.3, -0.25) is 0 Å². The molecule has 0 aromatic rings. The average Bonchev–Trinajstić information content (AvgIpc) is 0.433. The predicted molar refractivity (Wildman–Crippen MR) is 332 cm³/mol. The number of hydrogen-bond acceptors (Lipinski definition) is 0. The quantitative estimate of drug-likeness (QED) is 0.227. The summed E-state index contributed by atoms with van der Waals surface area (Å²) in [7, 11) is 0. The monoisotopic (exact) mass is 1240 g/mol. The van der Waals surface area contributed by atoms with Crippen molar-refractivity contribution in [2.24, 2.45) is 431 Å². The second kappa shape index (κ2) is 8.15. The first-order valence-corrected chi connectivity index (χ1v) is 47.8. The van der Waals surface area contributed by atoms with Gasteiger partial charge in [-0.2, -0.15) is 0 Å². The van der Waals surface area contributed by atoms with Crippen molar-refractivity contribution in [1.82, 2.24) is 0 Å². The summed E-state index contributed by atoms with van der Waals surface area (Å²) in [5.74, 6) is 66.7. The fourth-order valence-electron chi connectivity index (χ4n) is 80.1. The van der Waals surface area contributed by atoms with Gasteiger partial charge < -0.3 is 0 Å². The molecule has 64 unspecified atom stereocenters. The maximum atomic E-state index is 1.90. The molecule has 0 aromatic heterocycles. The molecule has 0 aromatic carbocycles. The zero-order valence-electron chi connectivity index (χ0n) is 56.2. The molecule has 0 heterocycles. The third kappa shape index (κ3) is 1.47. The van der Waals surface area contributed by atoms with E-state index in [2.05, 4.69) is 0 Å². The lowest BCUT2D eigenvalue weighted by molar-refractivity contribution is -1.17. The van der Waals surface area contributed by atoms with Gasteiger partial charge in [-0.1, -0.05) is 77.0 Å². The Hall–Kier alpha value is 0. The van der Waals surface area contributed by atoms with Crippen LogP contribution in [0.25, 0.3) is 0 Å². The topological polar surface area (TPSA) is 0 Å². The van der Waals surface area contributed by atoms with Gasteiger partial charge in [-0.25, -0.2) is 0 Å². The minimum Gasteiger partial charge on any atom is -0.0533 e. The molecule has 47 bridgehead atoms. The molecule has 81 rings (SSSR count). The Bertz CT molecular complexity index is 4860. The van der Waals surface area contributed by atoms with Gasteiger partial charge in [0, 0.05) is 0 Å². The van der Waals surface area contributed by atoms with Crippen molar-refractivity contribution in [3.05, 3.63) is 0 Å². The molecule has 25 spiro atoms. The van der Waals surface area contributed by atoms with E-state index < -0.39 is 0 Å².